The summed E-state index contributed by atoms with van der Waals surface area (Å²) in [6, 6.07) is 15.6. The molecule has 3 rings (SSSR count). The lowest BCUT2D eigenvalue weighted by atomic mass is 9.91. The quantitative estimate of drug-likeness (QED) is 0.541. The minimum absolute atomic E-state index is 0.593. The first kappa shape index (κ1) is 15.7. The smallest absolute Gasteiger partial charge is 0.0780 e. The molecule has 0 amide bonds. The van der Waals surface area contributed by atoms with Gasteiger partial charge in [0.15, 0.2) is 0 Å². The second kappa shape index (κ2) is 6.54. The molecule has 23 heavy (non-hydrogen) atoms. The van der Waals surface area contributed by atoms with Crippen LogP contribution < -0.4 is 0 Å². The summed E-state index contributed by atoms with van der Waals surface area (Å²) in [5.74, 6) is 0.593. The molecule has 0 fully saturated rings. The van der Waals surface area contributed by atoms with E-state index in [0.29, 0.717) is 5.92 Å². The molecule has 1 heterocycles. The summed E-state index contributed by atoms with van der Waals surface area (Å²) in [7, 11) is 0. The maximum Gasteiger partial charge on any atom is 0.0780 e. The Bertz CT molecular complexity index is 832. The Morgan fingerprint density at radius 2 is 1.78 bits per heavy atom. The zero-order chi connectivity index (χ0) is 16.4. The van der Waals surface area contributed by atoms with Crippen LogP contribution in [0.2, 0.25) is 0 Å². The van der Waals surface area contributed by atoms with Crippen molar-refractivity contribution in [3.05, 3.63) is 65.4 Å². The highest BCUT2D eigenvalue weighted by molar-refractivity contribution is 5.94. The summed E-state index contributed by atoms with van der Waals surface area (Å²) >= 11 is 0. The Labute approximate surface area is 139 Å². The largest absolute Gasteiger partial charge is 0.256 e. The van der Waals surface area contributed by atoms with Crippen molar-refractivity contribution in [2.45, 2.75) is 46.5 Å². The van der Waals surface area contributed by atoms with Gasteiger partial charge in [-0.1, -0.05) is 55.7 Å². The van der Waals surface area contributed by atoms with E-state index in [1.165, 1.54) is 45.9 Å². The molecule has 0 aliphatic heterocycles. The third kappa shape index (κ3) is 3.29. The number of nitrogens with zero attached hydrogens (tertiary/aromatic N) is 1. The Morgan fingerprint density at radius 1 is 0.957 bits per heavy atom. The molecule has 0 spiro atoms. The van der Waals surface area contributed by atoms with Crippen molar-refractivity contribution in [1.82, 2.24) is 4.98 Å². The van der Waals surface area contributed by atoms with Gasteiger partial charge in [-0.25, -0.2) is 0 Å². The maximum absolute atomic E-state index is 4.69. The fourth-order valence-corrected chi connectivity index (χ4v) is 3.36. The van der Waals surface area contributed by atoms with E-state index in [4.69, 9.17) is 4.98 Å². The van der Waals surface area contributed by atoms with Crippen LogP contribution in [0.25, 0.3) is 22.0 Å². The van der Waals surface area contributed by atoms with Crippen LogP contribution in [0, 0.1) is 13.8 Å². The van der Waals surface area contributed by atoms with Gasteiger partial charge in [-0.15, -0.1) is 0 Å². The Kier molecular flexibility index (Phi) is 4.47. The van der Waals surface area contributed by atoms with Crippen molar-refractivity contribution in [1.29, 1.82) is 0 Å². The predicted molar refractivity (Wildman–Crippen MR) is 100.0 cm³/mol. The number of benzene rings is 2. The number of rotatable bonds is 4. The zero-order valence-electron chi connectivity index (χ0n) is 14.6. The molecule has 1 heteroatoms. The van der Waals surface area contributed by atoms with Gasteiger partial charge >= 0.3 is 0 Å². The van der Waals surface area contributed by atoms with Gasteiger partial charge in [0, 0.05) is 17.1 Å². The second-order valence-corrected chi connectivity index (χ2v) is 6.71. The normalized spacial score (nSPS) is 12.5. The zero-order valence-corrected chi connectivity index (χ0v) is 14.6. The molecule has 0 bridgehead atoms. The highest BCUT2D eigenvalue weighted by Crippen LogP contribution is 2.31. The summed E-state index contributed by atoms with van der Waals surface area (Å²) in [5.41, 5.74) is 6.35. The van der Waals surface area contributed by atoms with E-state index in [2.05, 4.69) is 70.2 Å². The van der Waals surface area contributed by atoms with Crippen LogP contribution in [0.3, 0.4) is 0 Å². The first-order valence-electron chi connectivity index (χ1n) is 8.56. The van der Waals surface area contributed by atoms with Crippen molar-refractivity contribution < 1.29 is 0 Å². The fraction of sp³-hybridized carbons (Fsp3) is 0.318. The van der Waals surface area contributed by atoms with Crippen molar-refractivity contribution in [2.75, 3.05) is 0 Å². The van der Waals surface area contributed by atoms with Gasteiger partial charge in [0.05, 0.1) is 5.69 Å². The van der Waals surface area contributed by atoms with Gasteiger partial charge in [0.2, 0.25) is 0 Å². The van der Waals surface area contributed by atoms with Gasteiger partial charge < -0.3 is 0 Å². The summed E-state index contributed by atoms with van der Waals surface area (Å²) in [6.45, 7) is 8.89. The lowest BCUT2D eigenvalue weighted by molar-refractivity contribution is 0.664. The average molecular weight is 303 g/mol. The van der Waals surface area contributed by atoms with Gasteiger partial charge in [-0.3, -0.25) is 4.98 Å². The van der Waals surface area contributed by atoms with Gasteiger partial charge in [0.25, 0.3) is 0 Å². The first-order valence-corrected chi connectivity index (χ1v) is 8.56. The molecular formula is C22H25N. The molecule has 1 nitrogen and oxygen atoms in total. The Morgan fingerprint density at radius 3 is 2.57 bits per heavy atom. The third-order valence-electron chi connectivity index (χ3n) is 4.58. The second-order valence-electron chi connectivity index (χ2n) is 6.71. The highest BCUT2D eigenvalue weighted by atomic mass is 14.7. The maximum atomic E-state index is 4.69. The van der Waals surface area contributed by atoms with Crippen LogP contribution in [0.5, 0.6) is 0 Å². The van der Waals surface area contributed by atoms with Gasteiger partial charge in [-0.05, 0) is 55.3 Å². The monoisotopic (exact) mass is 303 g/mol. The number of pyridine rings is 1. The standard InChI is InChI=1S/C22H25N/c1-5-6-17(4)19-12-16(3)13-20(14-19)22-21-8-7-15(2)11-18(21)9-10-23-22/h7-14,17H,5-6H2,1-4H3. The Hall–Kier alpha value is -2.15. The van der Waals surface area contributed by atoms with E-state index in [1.807, 2.05) is 6.20 Å². The van der Waals surface area contributed by atoms with Crippen molar-refractivity contribution in [3.63, 3.8) is 0 Å². The summed E-state index contributed by atoms with van der Waals surface area (Å²) < 4.78 is 0. The SMILES string of the molecule is CCCC(C)c1cc(C)cc(-c2nccc3cc(C)ccc23)c1. The molecule has 0 aliphatic rings. The van der Waals surface area contributed by atoms with E-state index >= 15 is 0 Å². The average Bonchev–Trinajstić information content (AvgIpc) is 2.53. The van der Waals surface area contributed by atoms with Crippen LogP contribution in [0.15, 0.2) is 48.7 Å². The third-order valence-corrected chi connectivity index (χ3v) is 4.58. The highest BCUT2D eigenvalue weighted by Gasteiger charge is 2.10. The van der Waals surface area contributed by atoms with Crippen LogP contribution in [0.1, 0.15) is 49.3 Å². The molecule has 0 radical (unpaired) electrons. The molecule has 0 saturated carbocycles. The lowest BCUT2D eigenvalue weighted by Crippen LogP contribution is -1.96. The van der Waals surface area contributed by atoms with E-state index in [1.54, 1.807) is 0 Å². The molecule has 1 atom stereocenters. The summed E-state index contributed by atoms with van der Waals surface area (Å²) in [4.78, 5) is 4.69. The molecule has 3 aromatic rings. The van der Waals surface area contributed by atoms with Crippen LogP contribution in [-0.2, 0) is 0 Å². The van der Waals surface area contributed by atoms with Crippen molar-refractivity contribution in [2.24, 2.45) is 0 Å². The number of hydrogen-bond donors (Lipinski definition) is 0. The number of aryl methyl sites for hydroxylation is 2. The molecule has 0 saturated heterocycles. The predicted octanol–water partition coefficient (Wildman–Crippen LogP) is 6.42. The molecule has 0 aliphatic carbocycles. The summed E-state index contributed by atoms with van der Waals surface area (Å²) in [6.07, 6.45) is 4.37. The number of fused-ring (bicyclic) bond motifs is 1. The minimum Gasteiger partial charge on any atom is -0.256 e. The lowest BCUT2D eigenvalue weighted by Gasteiger charge is -2.14. The van der Waals surface area contributed by atoms with E-state index in [0.717, 1.165) is 5.69 Å². The molecule has 1 unspecified atom stereocenters. The number of aromatic nitrogens is 1. The molecular weight excluding hydrogens is 278 g/mol. The molecule has 118 valence electrons. The summed E-state index contributed by atoms with van der Waals surface area (Å²) in [5, 5.41) is 2.50. The van der Waals surface area contributed by atoms with Crippen LogP contribution >= 0.6 is 0 Å². The Balaban J connectivity index is 2.15. The van der Waals surface area contributed by atoms with Crippen molar-refractivity contribution >= 4 is 10.8 Å². The van der Waals surface area contributed by atoms with Gasteiger partial charge in [-0.2, -0.15) is 0 Å². The van der Waals surface area contributed by atoms with E-state index < -0.39 is 0 Å². The van der Waals surface area contributed by atoms with Crippen LogP contribution in [0.4, 0.5) is 0 Å². The van der Waals surface area contributed by atoms with Crippen molar-refractivity contribution in [3.8, 4) is 11.3 Å². The van der Waals surface area contributed by atoms with Crippen LogP contribution in [-0.4, -0.2) is 4.98 Å². The number of hydrogen-bond acceptors (Lipinski definition) is 1. The first-order chi connectivity index (χ1) is 11.1. The minimum atomic E-state index is 0.593. The topological polar surface area (TPSA) is 12.9 Å². The van der Waals surface area contributed by atoms with E-state index in [-0.39, 0.29) is 0 Å². The molecule has 2 aromatic carbocycles. The molecule has 1 aromatic heterocycles. The molecule has 0 N–H and O–H groups in total. The fourth-order valence-electron chi connectivity index (χ4n) is 3.36. The van der Waals surface area contributed by atoms with E-state index in [9.17, 15) is 0 Å². The van der Waals surface area contributed by atoms with Gasteiger partial charge in [0.1, 0.15) is 0 Å².